The van der Waals surface area contributed by atoms with Crippen LogP contribution in [-0.4, -0.2) is 21.8 Å². The summed E-state index contributed by atoms with van der Waals surface area (Å²) >= 11 is 11.9. The third kappa shape index (κ3) is 2.55. The summed E-state index contributed by atoms with van der Waals surface area (Å²) in [6.45, 7) is 2.33. The Kier molecular flexibility index (Phi) is 3.32. The second-order valence-corrected chi connectivity index (χ2v) is 6.02. The Labute approximate surface area is 111 Å². The zero-order chi connectivity index (χ0) is 12.5. The summed E-state index contributed by atoms with van der Waals surface area (Å²) in [7, 11) is 0. The lowest BCUT2D eigenvalue weighted by molar-refractivity contribution is -0.125. The third-order valence-corrected chi connectivity index (χ3v) is 4.25. The Morgan fingerprint density at radius 3 is 2.76 bits per heavy atom. The minimum Gasteiger partial charge on any atom is -0.355 e. The van der Waals surface area contributed by atoms with Gasteiger partial charge in [-0.1, -0.05) is 6.07 Å². The zero-order valence-electron chi connectivity index (χ0n) is 9.54. The Bertz CT molecular complexity index is 422. The number of hydrogen-bond acceptors (Lipinski definition) is 2. The van der Waals surface area contributed by atoms with Crippen molar-refractivity contribution in [3.63, 3.8) is 0 Å². The highest BCUT2D eigenvalue weighted by atomic mass is 35.5. The molecule has 1 aromatic heterocycles. The van der Waals surface area contributed by atoms with Crippen LogP contribution in [0.5, 0.6) is 0 Å². The van der Waals surface area contributed by atoms with Crippen LogP contribution in [0.15, 0.2) is 24.4 Å². The van der Waals surface area contributed by atoms with E-state index in [0.717, 1.165) is 5.69 Å². The first-order valence-electron chi connectivity index (χ1n) is 5.52. The van der Waals surface area contributed by atoms with E-state index in [9.17, 15) is 4.79 Å². The van der Waals surface area contributed by atoms with Gasteiger partial charge in [0, 0.05) is 24.9 Å². The number of alkyl halides is 2. The van der Waals surface area contributed by atoms with Crippen LogP contribution in [0.25, 0.3) is 0 Å². The van der Waals surface area contributed by atoms with Gasteiger partial charge in [-0.2, -0.15) is 0 Å². The number of pyridine rings is 1. The van der Waals surface area contributed by atoms with Gasteiger partial charge in [0.15, 0.2) is 0 Å². The van der Waals surface area contributed by atoms with E-state index in [-0.39, 0.29) is 5.91 Å². The normalized spacial score (nSPS) is 25.4. The SMILES string of the molecule is CC1(C(=O)NCCc2ccccn2)CC1(Cl)Cl. The maximum atomic E-state index is 11.8. The standard InChI is InChI=1S/C12H14Cl2N2O/c1-11(8-12(11,13)14)10(17)16-7-5-9-4-2-3-6-15-9/h2-4,6H,5,7-8H2,1H3,(H,16,17). The van der Waals surface area contributed by atoms with Crippen LogP contribution >= 0.6 is 23.2 Å². The molecule has 3 nitrogen and oxygen atoms in total. The van der Waals surface area contributed by atoms with Gasteiger partial charge in [0.2, 0.25) is 5.91 Å². The molecule has 1 aromatic rings. The van der Waals surface area contributed by atoms with E-state index in [1.165, 1.54) is 0 Å². The van der Waals surface area contributed by atoms with Gasteiger partial charge < -0.3 is 5.32 Å². The summed E-state index contributed by atoms with van der Waals surface area (Å²) in [4.78, 5) is 16.0. The molecule has 1 fully saturated rings. The summed E-state index contributed by atoms with van der Waals surface area (Å²) in [6.07, 6.45) is 2.96. The van der Waals surface area contributed by atoms with Crippen molar-refractivity contribution in [1.82, 2.24) is 10.3 Å². The van der Waals surface area contributed by atoms with Crippen molar-refractivity contribution < 1.29 is 4.79 Å². The lowest BCUT2D eigenvalue weighted by atomic mass is 10.1. The van der Waals surface area contributed by atoms with Crippen LogP contribution in [0.3, 0.4) is 0 Å². The fourth-order valence-corrected chi connectivity index (χ4v) is 2.40. The molecular formula is C12H14Cl2N2O. The number of carbonyl (C=O) groups excluding carboxylic acids is 1. The van der Waals surface area contributed by atoms with E-state index in [2.05, 4.69) is 10.3 Å². The minimum atomic E-state index is -0.901. The molecule has 0 aliphatic heterocycles. The average molecular weight is 273 g/mol. The van der Waals surface area contributed by atoms with Gasteiger partial charge in [0.05, 0.1) is 5.41 Å². The van der Waals surface area contributed by atoms with Crippen LogP contribution in [0.1, 0.15) is 19.0 Å². The number of nitrogens with one attached hydrogen (secondary N) is 1. The molecule has 92 valence electrons. The van der Waals surface area contributed by atoms with E-state index in [1.54, 1.807) is 13.1 Å². The monoisotopic (exact) mass is 272 g/mol. The first-order chi connectivity index (χ1) is 7.96. The molecule has 0 radical (unpaired) electrons. The third-order valence-electron chi connectivity index (χ3n) is 3.15. The number of halogens is 2. The van der Waals surface area contributed by atoms with Crippen molar-refractivity contribution in [3.05, 3.63) is 30.1 Å². The summed E-state index contributed by atoms with van der Waals surface area (Å²) in [6, 6.07) is 5.72. The molecule has 1 atom stereocenters. The fraction of sp³-hybridized carbons (Fsp3) is 0.500. The molecule has 17 heavy (non-hydrogen) atoms. The Balaban J connectivity index is 1.79. The predicted molar refractivity (Wildman–Crippen MR) is 68.1 cm³/mol. The van der Waals surface area contributed by atoms with Gasteiger partial charge >= 0.3 is 0 Å². The largest absolute Gasteiger partial charge is 0.355 e. The van der Waals surface area contributed by atoms with Crippen LogP contribution in [-0.2, 0) is 11.2 Å². The minimum absolute atomic E-state index is 0.0848. The topological polar surface area (TPSA) is 42.0 Å². The van der Waals surface area contributed by atoms with Crippen molar-refractivity contribution in [2.24, 2.45) is 5.41 Å². The number of carbonyl (C=O) groups is 1. The smallest absolute Gasteiger partial charge is 0.229 e. The number of aromatic nitrogens is 1. The number of amides is 1. The second-order valence-electron chi connectivity index (χ2n) is 4.54. The van der Waals surface area contributed by atoms with Gasteiger partial charge in [-0.25, -0.2) is 0 Å². The first kappa shape index (κ1) is 12.7. The highest BCUT2D eigenvalue weighted by Crippen LogP contribution is 2.63. The lowest BCUT2D eigenvalue weighted by Crippen LogP contribution is -2.34. The molecule has 0 saturated heterocycles. The predicted octanol–water partition coefficient (Wildman–Crippen LogP) is 2.32. The van der Waals surface area contributed by atoms with Crippen molar-refractivity contribution in [3.8, 4) is 0 Å². The zero-order valence-corrected chi connectivity index (χ0v) is 11.1. The Morgan fingerprint density at radius 2 is 2.24 bits per heavy atom. The molecule has 1 heterocycles. The molecular weight excluding hydrogens is 259 g/mol. The molecule has 1 aliphatic carbocycles. The second kappa shape index (κ2) is 4.46. The van der Waals surface area contributed by atoms with Crippen LogP contribution in [0, 0.1) is 5.41 Å². The van der Waals surface area contributed by atoms with Crippen molar-refractivity contribution in [2.45, 2.75) is 24.1 Å². The van der Waals surface area contributed by atoms with Gasteiger partial charge in [-0.15, -0.1) is 23.2 Å². The summed E-state index contributed by atoms with van der Waals surface area (Å²) in [5, 5.41) is 2.84. The summed E-state index contributed by atoms with van der Waals surface area (Å²) < 4.78 is -0.901. The molecule has 1 saturated carbocycles. The van der Waals surface area contributed by atoms with Gasteiger partial charge in [0.1, 0.15) is 4.33 Å². The number of rotatable bonds is 4. The highest BCUT2D eigenvalue weighted by Gasteiger charge is 2.67. The van der Waals surface area contributed by atoms with Gasteiger partial charge in [0.25, 0.3) is 0 Å². The Morgan fingerprint density at radius 1 is 1.53 bits per heavy atom. The quantitative estimate of drug-likeness (QED) is 0.855. The van der Waals surface area contributed by atoms with E-state index in [4.69, 9.17) is 23.2 Å². The molecule has 2 rings (SSSR count). The molecule has 1 aliphatic rings. The summed E-state index contributed by atoms with van der Waals surface area (Å²) in [5.41, 5.74) is 0.317. The van der Waals surface area contributed by atoms with Crippen molar-refractivity contribution in [1.29, 1.82) is 0 Å². The van der Waals surface area contributed by atoms with Crippen LogP contribution in [0.2, 0.25) is 0 Å². The van der Waals surface area contributed by atoms with Gasteiger partial charge in [-0.3, -0.25) is 9.78 Å². The van der Waals surface area contributed by atoms with E-state index < -0.39 is 9.75 Å². The van der Waals surface area contributed by atoms with E-state index in [1.807, 2.05) is 18.2 Å². The molecule has 0 spiro atoms. The maximum absolute atomic E-state index is 11.8. The Hall–Kier alpha value is -0.800. The molecule has 0 bridgehead atoms. The molecule has 0 aromatic carbocycles. The maximum Gasteiger partial charge on any atom is 0.229 e. The first-order valence-corrected chi connectivity index (χ1v) is 6.27. The number of hydrogen-bond donors (Lipinski definition) is 1. The molecule has 1 unspecified atom stereocenters. The fourth-order valence-electron chi connectivity index (χ4n) is 1.69. The van der Waals surface area contributed by atoms with Gasteiger partial charge in [-0.05, 0) is 25.5 Å². The summed E-state index contributed by atoms with van der Waals surface area (Å²) in [5.74, 6) is -0.0848. The van der Waals surface area contributed by atoms with Crippen LogP contribution < -0.4 is 5.32 Å². The van der Waals surface area contributed by atoms with Crippen molar-refractivity contribution in [2.75, 3.05) is 6.54 Å². The highest BCUT2D eigenvalue weighted by molar-refractivity contribution is 6.53. The average Bonchev–Trinajstić information content (AvgIpc) is 2.81. The van der Waals surface area contributed by atoms with Crippen LogP contribution in [0.4, 0.5) is 0 Å². The molecule has 5 heteroatoms. The van der Waals surface area contributed by atoms with E-state index >= 15 is 0 Å². The lowest BCUT2D eigenvalue weighted by Gasteiger charge is -2.12. The molecule has 1 N–H and O–H groups in total. The van der Waals surface area contributed by atoms with E-state index in [0.29, 0.717) is 19.4 Å². The molecule has 1 amide bonds. The number of nitrogens with zero attached hydrogens (tertiary/aromatic N) is 1. The van der Waals surface area contributed by atoms with Crippen molar-refractivity contribution >= 4 is 29.1 Å².